The van der Waals surface area contributed by atoms with E-state index in [1.54, 1.807) is 48.5 Å². The van der Waals surface area contributed by atoms with Crippen LogP contribution in [0.1, 0.15) is 38.0 Å². The number of piperazine rings is 1. The molecular weight excluding hydrogens is 532 g/mol. The second-order valence-electron chi connectivity index (χ2n) is 10.1. The second-order valence-corrected chi connectivity index (χ2v) is 10.1. The lowest BCUT2D eigenvalue weighted by Crippen LogP contribution is -2.44. The summed E-state index contributed by atoms with van der Waals surface area (Å²) in [4.78, 5) is 49.6. The zero-order valence-corrected chi connectivity index (χ0v) is 23.4. The van der Waals surface area contributed by atoms with Gasteiger partial charge in [0.05, 0.1) is 0 Å². The average molecular weight is 565 g/mol. The minimum Gasteiger partial charge on any atom is -0.369 e. The van der Waals surface area contributed by atoms with E-state index in [9.17, 15) is 14.4 Å². The number of nitrogens with two attached hydrogens (primary N) is 1. The van der Waals surface area contributed by atoms with Crippen molar-refractivity contribution in [3.8, 4) is 0 Å². The molecule has 1 saturated heterocycles. The van der Waals surface area contributed by atoms with E-state index in [0.29, 0.717) is 22.5 Å². The molecular formula is C31H32N8O3. The van der Waals surface area contributed by atoms with Crippen LogP contribution >= 0.6 is 0 Å². The summed E-state index contributed by atoms with van der Waals surface area (Å²) in [5.41, 5.74) is 9.89. The predicted octanol–water partition coefficient (Wildman–Crippen LogP) is 4.27. The monoisotopic (exact) mass is 564 g/mol. The summed E-state index contributed by atoms with van der Waals surface area (Å²) in [6.45, 7) is 5.47. The summed E-state index contributed by atoms with van der Waals surface area (Å²) >= 11 is 0. The van der Waals surface area contributed by atoms with Crippen molar-refractivity contribution >= 4 is 52.1 Å². The summed E-state index contributed by atoms with van der Waals surface area (Å²) in [5, 5.41) is 9.09. The largest absolute Gasteiger partial charge is 0.369 e. The fourth-order valence-corrected chi connectivity index (χ4v) is 4.50. The lowest BCUT2D eigenvalue weighted by molar-refractivity contribution is 0.0995. The summed E-state index contributed by atoms with van der Waals surface area (Å²) in [6, 6.07) is 21.4. The van der Waals surface area contributed by atoms with Crippen LogP contribution in [0.3, 0.4) is 0 Å². The Morgan fingerprint density at radius 2 is 1.33 bits per heavy atom. The molecule has 2 heterocycles. The van der Waals surface area contributed by atoms with Crippen LogP contribution in [-0.2, 0) is 0 Å². The third kappa shape index (κ3) is 6.88. The minimum atomic E-state index is -0.649. The number of anilines is 6. The Morgan fingerprint density at radius 3 is 1.95 bits per heavy atom. The van der Waals surface area contributed by atoms with E-state index in [4.69, 9.17) is 5.73 Å². The number of hydrogen-bond acceptors (Lipinski definition) is 9. The molecule has 214 valence electrons. The van der Waals surface area contributed by atoms with Gasteiger partial charge in [-0.2, -0.15) is 4.98 Å². The first-order valence-electron chi connectivity index (χ1n) is 13.5. The van der Waals surface area contributed by atoms with Crippen molar-refractivity contribution < 1.29 is 14.4 Å². The molecule has 0 bridgehead atoms. The number of amides is 2. The van der Waals surface area contributed by atoms with Crippen LogP contribution in [-0.4, -0.2) is 65.7 Å². The predicted molar refractivity (Wildman–Crippen MR) is 164 cm³/mol. The highest BCUT2D eigenvalue weighted by Gasteiger charge is 2.16. The highest BCUT2D eigenvalue weighted by molar-refractivity contribution is 6.05. The van der Waals surface area contributed by atoms with E-state index in [-0.39, 0.29) is 29.0 Å². The van der Waals surface area contributed by atoms with Gasteiger partial charge in [0.1, 0.15) is 11.4 Å². The number of carbonyl (C=O) groups excluding carboxylic acids is 3. The first kappa shape index (κ1) is 28.2. The van der Waals surface area contributed by atoms with E-state index in [0.717, 1.165) is 37.6 Å². The fraction of sp³-hybridized carbons (Fsp3) is 0.194. The molecule has 1 fully saturated rings. The van der Waals surface area contributed by atoms with Crippen molar-refractivity contribution in [1.82, 2.24) is 14.9 Å². The van der Waals surface area contributed by atoms with Gasteiger partial charge in [0.25, 0.3) is 11.8 Å². The molecule has 4 aromatic rings. The van der Waals surface area contributed by atoms with Gasteiger partial charge in [-0.1, -0.05) is 0 Å². The fourth-order valence-electron chi connectivity index (χ4n) is 4.50. The number of Topliss-reactive ketones (excluding diaryl/α,β-unsaturated/α-hetero) is 1. The molecule has 42 heavy (non-hydrogen) atoms. The topological polar surface area (TPSA) is 146 Å². The van der Waals surface area contributed by atoms with Gasteiger partial charge in [-0.15, -0.1) is 0 Å². The number of carbonyl (C=O) groups is 3. The van der Waals surface area contributed by atoms with Crippen molar-refractivity contribution in [1.29, 1.82) is 0 Å². The maximum absolute atomic E-state index is 12.7. The van der Waals surface area contributed by atoms with E-state index in [2.05, 4.69) is 42.8 Å². The Balaban J connectivity index is 1.25. The quantitative estimate of drug-likeness (QED) is 0.219. The molecule has 5 rings (SSSR count). The van der Waals surface area contributed by atoms with Crippen LogP contribution in [0, 0.1) is 0 Å². The van der Waals surface area contributed by atoms with Crippen molar-refractivity contribution in [2.45, 2.75) is 6.92 Å². The molecule has 11 nitrogen and oxygen atoms in total. The SMILES string of the molecule is CC(=O)c1ccc(NC(=O)c2ccc(Nc3ncc(C(N)=O)c(Nc4ccc(N5CCN(C)CC5)cc4)n3)cc2)cc1. The first-order chi connectivity index (χ1) is 20.2. The Morgan fingerprint density at radius 1 is 0.762 bits per heavy atom. The highest BCUT2D eigenvalue weighted by Crippen LogP contribution is 2.25. The Bertz CT molecular complexity index is 1580. The molecule has 1 aliphatic heterocycles. The lowest BCUT2D eigenvalue weighted by Gasteiger charge is -2.34. The van der Waals surface area contributed by atoms with Crippen LogP contribution in [0.5, 0.6) is 0 Å². The van der Waals surface area contributed by atoms with E-state index in [1.807, 2.05) is 24.3 Å². The van der Waals surface area contributed by atoms with E-state index >= 15 is 0 Å². The summed E-state index contributed by atoms with van der Waals surface area (Å²) in [6.07, 6.45) is 1.37. The Labute approximate surface area is 243 Å². The van der Waals surface area contributed by atoms with Crippen LogP contribution in [0.15, 0.2) is 79.0 Å². The number of nitrogens with zero attached hydrogens (tertiary/aromatic N) is 4. The van der Waals surface area contributed by atoms with Crippen molar-refractivity contribution in [3.05, 3.63) is 95.7 Å². The zero-order valence-electron chi connectivity index (χ0n) is 23.4. The van der Waals surface area contributed by atoms with Gasteiger partial charge in [0, 0.05) is 66.3 Å². The summed E-state index contributed by atoms with van der Waals surface area (Å²) in [5.74, 6) is -0.449. The number of ketones is 1. The maximum Gasteiger partial charge on any atom is 0.255 e. The van der Waals surface area contributed by atoms with Crippen LogP contribution in [0.2, 0.25) is 0 Å². The minimum absolute atomic E-state index is 0.0394. The van der Waals surface area contributed by atoms with Gasteiger partial charge < -0.3 is 31.5 Å². The van der Waals surface area contributed by atoms with E-state index < -0.39 is 5.91 Å². The van der Waals surface area contributed by atoms with Gasteiger partial charge in [-0.25, -0.2) is 4.98 Å². The lowest BCUT2D eigenvalue weighted by atomic mass is 10.1. The molecule has 0 saturated carbocycles. The molecule has 2 amide bonds. The number of primary amides is 1. The number of aromatic nitrogens is 2. The number of nitrogens with one attached hydrogen (secondary N) is 3. The highest BCUT2D eigenvalue weighted by atomic mass is 16.2. The molecule has 5 N–H and O–H groups in total. The summed E-state index contributed by atoms with van der Waals surface area (Å²) < 4.78 is 0. The van der Waals surface area contributed by atoms with Crippen molar-refractivity contribution in [3.63, 3.8) is 0 Å². The number of likely N-dealkylation sites (N-methyl/N-ethyl adjacent to an activating group) is 1. The van der Waals surface area contributed by atoms with Gasteiger partial charge in [-0.3, -0.25) is 14.4 Å². The molecule has 0 spiro atoms. The molecule has 3 aromatic carbocycles. The molecule has 1 aliphatic rings. The van der Waals surface area contributed by atoms with Crippen LogP contribution in [0.4, 0.5) is 34.5 Å². The van der Waals surface area contributed by atoms with Crippen molar-refractivity contribution in [2.24, 2.45) is 5.73 Å². The normalized spacial score (nSPS) is 13.3. The molecule has 0 aliphatic carbocycles. The Kier molecular flexibility index (Phi) is 8.39. The van der Waals surface area contributed by atoms with Gasteiger partial charge in [0.2, 0.25) is 5.95 Å². The molecule has 0 unspecified atom stereocenters. The van der Waals surface area contributed by atoms with Gasteiger partial charge >= 0.3 is 0 Å². The molecule has 0 radical (unpaired) electrons. The third-order valence-corrected chi connectivity index (χ3v) is 7.01. The number of rotatable bonds is 9. The number of benzene rings is 3. The smallest absolute Gasteiger partial charge is 0.255 e. The summed E-state index contributed by atoms with van der Waals surface area (Å²) in [7, 11) is 2.12. The molecule has 1 aromatic heterocycles. The second kappa shape index (κ2) is 12.5. The standard InChI is InChI=1S/C31H32N8O3/c1-20(40)21-3-7-24(8-4-21)35-30(42)22-5-9-25(10-6-22)36-31-33-19-27(28(32)41)29(37-31)34-23-11-13-26(14-12-23)39-17-15-38(2)16-18-39/h3-14,19H,15-18H2,1-2H3,(H2,32,41)(H,35,42)(H2,33,34,36,37). The van der Waals surface area contributed by atoms with Gasteiger partial charge in [0.15, 0.2) is 5.78 Å². The zero-order chi connectivity index (χ0) is 29.6. The maximum atomic E-state index is 12.7. The number of hydrogen-bond donors (Lipinski definition) is 4. The molecule has 11 heteroatoms. The first-order valence-corrected chi connectivity index (χ1v) is 13.5. The molecule has 0 atom stereocenters. The average Bonchev–Trinajstić information content (AvgIpc) is 2.98. The van der Waals surface area contributed by atoms with Crippen LogP contribution < -0.4 is 26.6 Å². The Hall–Kier alpha value is -5.29. The van der Waals surface area contributed by atoms with Crippen LogP contribution in [0.25, 0.3) is 0 Å². The third-order valence-electron chi connectivity index (χ3n) is 7.01. The van der Waals surface area contributed by atoms with Crippen molar-refractivity contribution in [2.75, 3.05) is 54.1 Å². The van der Waals surface area contributed by atoms with Gasteiger partial charge in [-0.05, 0) is 86.8 Å². The van der Waals surface area contributed by atoms with E-state index in [1.165, 1.54) is 13.1 Å².